The van der Waals surface area contributed by atoms with Crippen molar-refractivity contribution in [3.05, 3.63) is 36.0 Å². The van der Waals surface area contributed by atoms with Crippen LogP contribution in [0.3, 0.4) is 0 Å². The zero-order chi connectivity index (χ0) is 17.8. The molecule has 3 aromatic rings. The Bertz CT molecular complexity index is 878. The van der Waals surface area contributed by atoms with Gasteiger partial charge in [-0.15, -0.1) is 11.3 Å². The summed E-state index contributed by atoms with van der Waals surface area (Å²) in [5, 5.41) is 6.59. The van der Waals surface area contributed by atoms with Crippen LogP contribution in [0.4, 0.5) is 5.82 Å². The van der Waals surface area contributed by atoms with Crippen molar-refractivity contribution in [1.29, 1.82) is 0 Å². The van der Waals surface area contributed by atoms with Crippen LogP contribution in [0.15, 0.2) is 36.0 Å². The molecule has 2 aromatic heterocycles. The van der Waals surface area contributed by atoms with Crippen LogP contribution in [0.1, 0.15) is 13.3 Å². The maximum absolute atomic E-state index is 11.3. The number of thiophene rings is 1. The summed E-state index contributed by atoms with van der Waals surface area (Å²) in [4.78, 5) is 9.80. The van der Waals surface area contributed by atoms with Gasteiger partial charge in [0.25, 0.3) is 0 Å². The third kappa shape index (κ3) is 4.16. The lowest BCUT2D eigenvalue weighted by Crippen LogP contribution is -2.18. The van der Waals surface area contributed by atoms with Gasteiger partial charge in [-0.2, -0.15) is 0 Å². The highest BCUT2D eigenvalue weighted by atomic mass is 32.2. The Kier molecular flexibility index (Phi) is 5.65. The molecule has 0 aliphatic carbocycles. The van der Waals surface area contributed by atoms with Gasteiger partial charge in [-0.1, -0.05) is 12.1 Å². The molecule has 1 N–H and O–H groups in total. The Labute approximate surface area is 153 Å². The van der Waals surface area contributed by atoms with E-state index >= 15 is 0 Å². The second kappa shape index (κ2) is 7.93. The maximum Gasteiger partial charge on any atom is 0.139 e. The van der Waals surface area contributed by atoms with E-state index < -0.39 is 10.8 Å². The zero-order valence-corrected chi connectivity index (χ0v) is 16.1. The standard InChI is InChI=1S/C18H21N3O2S2/c1-12(8-9-25(3)22)21-17-16-15(10-24-18(16)20-11-19-17)13-4-6-14(23-2)7-5-13/h4-7,10-12H,8-9H2,1-3H3,(H,19,20,21). The Hall–Kier alpha value is -1.99. The molecule has 0 radical (unpaired) electrons. The van der Waals surface area contributed by atoms with Crippen LogP contribution < -0.4 is 10.1 Å². The van der Waals surface area contributed by atoms with Gasteiger partial charge in [0.15, 0.2) is 0 Å². The highest BCUT2D eigenvalue weighted by Gasteiger charge is 2.15. The summed E-state index contributed by atoms with van der Waals surface area (Å²) < 4.78 is 16.5. The first-order valence-electron chi connectivity index (χ1n) is 8.01. The Morgan fingerprint density at radius 1 is 1.28 bits per heavy atom. The highest BCUT2D eigenvalue weighted by Crippen LogP contribution is 2.37. The fraction of sp³-hybridized carbons (Fsp3) is 0.333. The monoisotopic (exact) mass is 375 g/mol. The Morgan fingerprint density at radius 3 is 2.72 bits per heavy atom. The minimum absolute atomic E-state index is 0.186. The van der Waals surface area contributed by atoms with Gasteiger partial charge in [-0.05, 0) is 31.0 Å². The van der Waals surface area contributed by atoms with Gasteiger partial charge in [0.2, 0.25) is 0 Å². The molecule has 0 saturated heterocycles. The van der Waals surface area contributed by atoms with Gasteiger partial charge in [-0.3, -0.25) is 4.21 Å². The number of fused-ring (bicyclic) bond motifs is 1. The van der Waals surface area contributed by atoms with Crippen LogP contribution in [-0.4, -0.2) is 39.3 Å². The lowest BCUT2D eigenvalue weighted by atomic mass is 10.1. The van der Waals surface area contributed by atoms with E-state index in [1.807, 2.05) is 24.3 Å². The first-order valence-corrected chi connectivity index (χ1v) is 10.6. The molecule has 0 spiro atoms. The van der Waals surface area contributed by atoms with Gasteiger partial charge >= 0.3 is 0 Å². The van der Waals surface area contributed by atoms with E-state index in [1.54, 1.807) is 31.0 Å². The fourth-order valence-electron chi connectivity index (χ4n) is 2.62. The molecule has 0 aliphatic rings. The van der Waals surface area contributed by atoms with Crippen molar-refractivity contribution in [2.75, 3.05) is 24.4 Å². The van der Waals surface area contributed by atoms with Crippen molar-refractivity contribution in [3.63, 3.8) is 0 Å². The van der Waals surface area contributed by atoms with Crippen LogP contribution in [0.5, 0.6) is 5.75 Å². The van der Waals surface area contributed by atoms with Gasteiger partial charge in [0.05, 0.1) is 12.5 Å². The normalized spacial score (nSPS) is 13.6. The molecule has 3 rings (SSSR count). The molecule has 0 saturated carbocycles. The first kappa shape index (κ1) is 17.8. The zero-order valence-electron chi connectivity index (χ0n) is 14.5. The summed E-state index contributed by atoms with van der Waals surface area (Å²) in [6, 6.07) is 8.18. The molecule has 132 valence electrons. The van der Waals surface area contributed by atoms with Gasteiger partial charge in [0.1, 0.15) is 22.7 Å². The van der Waals surface area contributed by atoms with E-state index in [2.05, 4.69) is 27.6 Å². The number of benzene rings is 1. The average molecular weight is 376 g/mol. The van der Waals surface area contributed by atoms with Crippen LogP contribution in [0.25, 0.3) is 21.3 Å². The number of ether oxygens (including phenoxy) is 1. The number of anilines is 1. The summed E-state index contributed by atoms with van der Waals surface area (Å²) in [6.45, 7) is 2.08. The summed E-state index contributed by atoms with van der Waals surface area (Å²) in [6.07, 6.45) is 4.15. The third-order valence-electron chi connectivity index (χ3n) is 3.99. The maximum atomic E-state index is 11.3. The van der Waals surface area contributed by atoms with Crippen molar-refractivity contribution >= 4 is 38.2 Å². The molecule has 0 fully saturated rings. The summed E-state index contributed by atoms with van der Waals surface area (Å²) in [7, 11) is 0.879. The first-order chi connectivity index (χ1) is 12.1. The fourth-order valence-corrected chi connectivity index (χ4v) is 4.22. The number of nitrogens with one attached hydrogen (secondary N) is 1. The number of hydrogen-bond acceptors (Lipinski definition) is 6. The predicted octanol–water partition coefficient (Wildman–Crippen LogP) is 3.94. The van der Waals surface area contributed by atoms with Gasteiger partial charge in [0, 0.05) is 39.8 Å². The molecule has 0 amide bonds. The van der Waals surface area contributed by atoms with E-state index in [9.17, 15) is 4.21 Å². The summed E-state index contributed by atoms with van der Waals surface area (Å²) in [5.74, 6) is 2.34. The molecule has 0 aliphatic heterocycles. The molecular weight excluding hydrogens is 354 g/mol. The van der Waals surface area contributed by atoms with E-state index in [0.717, 1.165) is 39.3 Å². The number of aromatic nitrogens is 2. The molecule has 5 nitrogen and oxygen atoms in total. The van der Waals surface area contributed by atoms with Crippen LogP contribution in [-0.2, 0) is 10.8 Å². The van der Waals surface area contributed by atoms with Crippen LogP contribution in [0.2, 0.25) is 0 Å². The van der Waals surface area contributed by atoms with E-state index in [4.69, 9.17) is 4.74 Å². The second-order valence-corrected chi connectivity index (χ2v) is 8.30. The summed E-state index contributed by atoms with van der Waals surface area (Å²) in [5.41, 5.74) is 2.21. The van der Waals surface area contributed by atoms with Crippen molar-refractivity contribution < 1.29 is 8.95 Å². The average Bonchev–Trinajstić information content (AvgIpc) is 3.05. The molecular formula is C18H21N3O2S2. The second-order valence-electron chi connectivity index (χ2n) is 5.89. The smallest absolute Gasteiger partial charge is 0.139 e. The minimum Gasteiger partial charge on any atom is -0.497 e. The van der Waals surface area contributed by atoms with Crippen LogP contribution >= 0.6 is 11.3 Å². The molecule has 1 aromatic carbocycles. The van der Waals surface area contributed by atoms with E-state index in [-0.39, 0.29) is 6.04 Å². The van der Waals surface area contributed by atoms with E-state index in [0.29, 0.717) is 5.75 Å². The molecule has 7 heteroatoms. The SMILES string of the molecule is COc1ccc(-c2csc3ncnc(NC(C)CCS(C)=O)c23)cc1. The van der Waals surface area contributed by atoms with E-state index in [1.165, 1.54) is 0 Å². The van der Waals surface area contributed by atoms with Crippen molar-refractivity contribution in [2.24, 2.45) is 0 Å². The number of rotatable bonds is 7. The number of hydrogen-bond donors (Lipinski definition) is 1. The predicted molar refractivity (Wildman–Crippen MR) is 106 cm³/mol. The Morgan fingerprint density at radius 2 is 2.04 bits per heavy atom. The van der Waals surface area contributed by atoms with Crippen molar-refractivity contribution in [1.82, 2.24) is 9.97 Å². The lowest BCUT2D eigenvalue weighted by molar-refractivity contribution is 0.415. The minimum atomic E-state index is -0.783. The lowest BCUT2D eigenvalue weighted by Gasteiger charge is -2.15. The van der Waals surface area contributed by atoms with Gasteiger partial charge in [-0.25, -0.2) is 9.97 Å². The molecule has 2 unspecified atom stereocenters. The molecule has 2 heterocycles. The topological polar surface area (TPSA) is 64.1 Å². The largest absolute Gasteiger partial charge is 0.497 e. The Balaban J connectivity index is 1.93. The number of methoxy groups -OCH3 is 1. The van der Waals surface area contributed by atoms with Crippen molar-refractivity contribution in [2.45, 2.75) is 19.4 Å². The number of nitrogens with zero attached hydrogens (tertiary/aromatic N) is 2. The molecule has 2 atom stereocenters. The molecule has 0 bridgehead atoms. The van der Waals surface area contributed by atoms with Gasteiger partial charge < -0.3 is 10.1 Å². The quantitative estimate of drug-likeness (QED) is 0.678. The summed E-state index contributed by atoms with van der Waals surface area (Å²) >= 11 is 1.61. The van der Waals surface area contributed by atoms with Crippen LogP contribution in [0, 0.1) is 0 Å². The molecule has 25 heavy (non-hydrogen) atoms. The third-order valence-corrected chi connectivity index (χ3v) is 5.69. The van der Waals surface area contributed by atoms with Crippen molar-refractivity contribution in [3.8, 4) is 16.9 Å². The highest BCUT2D eigenvalue weighted by molar-refractivity contribution is 7.84.